The first kappa shape index (κ1) is 14.3. The summed E-state index contributed by atoms with van der Waals surface area (Å²) >= 11 is 0. The second kappa shape index (κ2) is 6.87. The molecule has 0 radical (unpaired) electrons. The third-order valence-electron chi connectivity index (χ3n) is 3.80. The zero-order valence-corrected chi connectivity index (χ0v) is 12.0. The average molecular weight is 263 g/mol. The molecule has 0 bridgehead atoms. The van der Waals surface area contributed by atoms with E-state index in [0.717, 1.165) is 44.7 Å². The van der Waals surface area contributed by atoms with Gasteiger partial charge in [0.25, 0.3) is 0 Å². The lowest BCUT2D eigenvalue weighted by Crippen LogP contribution is -2.37. The normalized spacial score (nSPS) is 18.6. The Balaban J connectivity index is 1.92. The number of nitrogens with two attached hydrogens (primary N) is 1. The van der Waals surface area contributed by atoms with E-state index in [2.05, 4.69) is 35.9 Å². The van der Waals surface area contributed by atoms with Crippen molar-refractivity contribution in [1.29, 1.82) is 0 Å². The van der Waals surface area contributed by atoms with Crippen LogP contribution in [0.2, 0.25) is 0 Å². The lowest BCUT2D eigenvalue weighted by Gasteiger charge is -2.33. The number of rotatable bonds is 5. The van der Waals surface area contributed by atoms with Crippen LogP contribution in [0, 0.1) is 0 Å². The summed E-state index contributed by atoms with van der Waals surface area (Å²) in [4.78, 5) is 6.86. The molecular weight excluding hydrogens is 238 g/mol. The summed E-state index contributed by atoms with van der Waals surface area (Å²) in [7, 11) is 0. The van der Waals surface area contributed by atoms with Crippen molar-refractivity contribution in [2.75, 3.05) is 24.6 Å². The molecule has 2 heterocycles. The third kappa shape index (κ3) is 3.67. The Morgan fingerprint density at radius 2 is 2.11 bits per heavy atom. The van der Waals surface area contributed by atoms with Crippen LogP contribution in [0.1, 0.15) is 44.8 Å². The lowest BCUT2D eigenvalue weighted by molar-refractivity contribution is 0.0459. The van der Waals surface area contributed by atoms with Gasteiger partial charge in [-0.3, -0.25) is 4.98 Å². The van der Waals surface area contributed by atoms with E-state index < -0.39 is 0 Å². The van der Waals surface area contributed by atoms with E-state index in [-0.39, 0.29) is 6.04 Å². The molecule has 1 aromatic rings. The molecule has 106 valence electrons. The summed E-state index contributed by atoms with van der Waals surface area (Å²) in [5, 5.41) is 0. The summed E-state index contributed by atoms with van der Waals surface area (Å²) in [6.07, 6.45) is 5.51. The maximum atomic E-state index is 5.98. The number of piperidine rings is 1. The molecule has 0 aromatic carbocycles. The van der Waals surface area contributed by atoms with Gasteiger partial charge in [0, 0.05) is 25.7 Å². The Hall–Kier alpha value is -1.13. The molecule has 1 fully saturated rings. The molecule has 1 aliphatic rings. The zero-order chi connectivity index (χ0) is 13.7. The first-order chi connectivity index (χ1) is 9.24. The standard InChI is InChI=1S/C15H25N3O/c1-3-14(16)15-6-5-12(11-17-15)18-9-7-13(8-10-18)19-4-2/h5-6,11,13-14H,3-4,7-10,16H2,1-2H3/t14-/m0/s1. The molecule has 0 aliphatic carbocycles. The fourth-order valence-electron chi connectivity index (χ4n) is 2.53. The van der Waals surface area contributed by atoms with E-state index >= 15 is 0 Å². The Kier molecular flexibility index (Phi) is 5.16. The highest BCUT2D eigenvalue weighted by Crippen LogP contribution is 2.22. The first-order valence-electron chi connectivity index (χ1n) is 7.32. The molecule has 4 heteroatoms. The highest BCUT2D eigenvalue weighted by Gasteiger charge is 2.19. The van der Waals surface area contributed by atoms with Gasteiger partial charge in [0.1, 0.15) is 0 Å². The molecule has 2 N–H and O–H groups in total. The molecule has 0 spiro atoms. The SMILES string of the molecule is CCOC1CCN(c2ccc([C@@H](N)CC)nc2)CC1. The molecule has 19 heavy (non-hydrogen) atoms. The van der Waals surface area contributed by atoms with Crippen LogP contribution in [-0.2, 0) is 4.74 Å². The molecule has 1 atom stereocenters. The summed E-state index contributed by atoms with van der Waals surface area (Å²) < 4.78 is 5.67. The third-order valence-corrected chi connectivity index (χ3v) is 3.80. The molecule has 1 saturated heterocycles. The minimum absolute atomic E-state index is 0.0535. The maximum Gasteiger partial charge on any atom is 0.0608 e. The topological polar surface area (TPSA) is 51.4 Å². The van der Waals surface area contributed by atoms with Crippen molar-refractivity contribution in [3.05, 3.63) is 24.0 Å². The number of hydrogen-bond acceptors (Lipinski definition) is 4. The van der Waals surface area contributed by atoms with Crippen molar-refractivity contribution >= 4 is 5.69 Å². The molecule has 0 unspecified atom stereocenters. The minimum atomic E-state index is 0.0535. The molecule has 0 saturated carbocycles. The van der Waals surface area contributed by atoms with E-state index in [1.165, 1.54) is 5.69 Å². The van der Waals surface area contributed by atoms with E-state index in [9.17, 15) is 0 Å². The summed E-state index contributed by atoms with van der Waals surface area (Å²) in [6.45, 7) is 7.05. The van der Waals surface area contributed by atoms with Gasteiger partial charge in [0.2, 0.25) is 0 Å². The fraction of sp³-hybridized carbons (Fsp3) is 0.667. The first-order valence-corrected chi connectivity index (χ1v) is 7.32. The van der Waals surface area contributed by atoms with Gasteiger partial charge < -0.3 is 15.4 Å². The van der Waals surface area contributed by atoms with Crippen LogP contribution in [-0.4, -0.2) is 30.8 Å². The van der Waals surface area contributed by atoms with Crippen molar-refractivity contribution in [1.82, 2.24) is 4.98 Å². The van der Waals surface area contributed by atoms with Crippen molar-refractivity contribution in [2.45, 2.75) is 45.3 Å². The van der Waals surface area contributed by atoms with E-state index in [1.54, 1.807) is 0 Å². The van der Waals surface area contributed by atoms with E-state index in [4.69, 9.17) is 10.5 Å². The highest BCUT2D eigenvalue weighted by atomic mass is 16.5. The smallest absolute Gasteiger partial charge is 0.0608 e. The summed E-state index contributed by atoms with van der Waals surface area (Å²) in [5.41, 5.74) is 8.16. The molecule has 1 aliphatic heterocycles. The van der Waals surface area contributed by atoms with Crippen LogP contribution in [0.4, 0.5) is 5.69 Å². The van der Waals surface area contributed by atoms with E-state index in [0.29, 0.717) is 6.10 Å². The quantitative estimate of drug-likeness (QED) is 0.887. The van der Waals surface area contributed by atoms with Crippen LogP contribution in [0.5, 0.6) is 0 Å². The average Bonchev–Trinajstić information content (AvgIpc) is 2.48. The fourth-order valence-corrected chi connectivity index (χ4v) is 2.53. The van der Waals surface area contributed by atoms with Crippen molar-refractivity contribution < 1.29 is 4.74 Å². The number of ether oxygens (including phenoxy) is 1. The Morgan fingerprint density at radius 3 is 2.63 bits per heavy atom. The predicted molar refractivity (Wildman–Crippen MR) is 78.3 cm³/mol. The van der Waals surface area contributed by atoms with Crippen LogP contribution in [0.15, 0.2) is 18.3 Å². The van der Waals surface area contributed by atoms with Crippen LogP contribution in [0.3, 0.4) is 0 Å². The summed E-state index contributed by atoms with van der Waals surface area (Å²) in [5.74, 6) is 0. The maximum absolute atomic E-state index is 5.98. The predicted octanol–water partition coefficient (Wildman–Crippen LogP) is 2.50. The number of nitrogens with zero attached hydrogens (tertiary/aromatic N) is 2. The van der Waals surface area contributed by atoms with Crippen LogP contribution in [0.25, 0.3) is 0 Å². The number of anilines is 1. The number of pyridine rings is 1. The van der Waals surface area contributed by atoms with Gasteiger partial charge in [-0.2, -0.15) is 0 Å². The monoisotopic (exact) mass is 263 g/mol. The largest absolute Gasteiger partial charge is 0.378 e. The molecule has 4 nitrogen and oxygen atoms in total. The van der Waals surface area contributed by atoms with Gasteiger partial charge in [-0.25, -0.2) is 0 Å². The van der Waals surface area contributed by atoms with Gasteiger partial charge in [0.15, 0.2) is 0 Å². The lowest BCUT2D eigenvalue weighted by atomic mass is 10.1. The second-order valence-electron chi connectivity index (χ2n) is 5.10. The Morgan fingerprint density at radius 1 is 1.37 bits per heavy atom. The van der Waals surface area contributed by atoms with Crippen LogP contribution < -0.4 is 10.6 Å². The second-order valence-corrected chi connectivity index (χ2v) is 5.10. The van der Waals surface area contributed by atoms with Gasteiger partial charge in [-0.1, -0.05) is 6.92 Å². The number of hydrogen-bond donors (Lipinski definition) is 1. The molecule has 1 aromatic heterocycles. The summed E-state index contributed by atoms with van der Waals surface area (Å²) in [6, 6.07) is 4.24. The van der Waals surface area contributed by atoms with Gasteiger partial charge in [-0.15, -0.1) is 0 Å². The van der Waals surface area contributed by atoms with Crippen molar-refractivity contribution in [3.8, 4) is 0 Å². The van der Waals surface area contributed by atoms with Crippen molar-refractivity contribution in [3.63, 3.8) is 0 Å². The number of aromatic nitrogens is 1. The minimum Gasteiger partial charge on any atom is -0.378 e. The Bertz CT molecular complexity index is 371. The van der Waals surface area contributed by atoms with Gasteiger partial charge in [-0.05, 0) is 38.3 Å². The molecular formula is C15H25N3O. The van der Waals surface area contributed by atoms with Gasteiger partial charge >= 0.3 is 0 Å². The molecule has 2 rings (SSSR count). The van der Waals surface area contributed by atoms with Crippen LogP contribution >= 0.6 is 0 Å². The van der Waals surface area contributed by atoms with Crippen molar-refractivity contribution in [2.24, 2.45) is 5.73 Å². The highest BCUT2D eigenvalue weighted by molar-refractivity contribution is 5.45. The Labute approximate surface area is 116 Å². The van der Waals surface area contributed by atoms with Gasteiger partial charge in [0.05, 0.1) is 23.7 Å². The van der Waals surface area contributed by atoms with E-state index in [1.807, 2.05) is 6.20 Å². The zero-order valence-electron chi connectivity index (χ0n) is 12.0. The molecule has 0 amide bonds.